The largest absolute Gasteiger partial charge is 0.381 e. The third kappa shape index (κ3) is 4.75. The maximum atomic E-state index is 12.3. The average Bonchev–Trinajstić information content (AvgIpc) is 2.96. The number of sulfonamides is 1. The Morgan fingerprint density at radius 1 is 1.43 bits per heavy atom. The molecule has 5 nitrogen and oxygen atoms in total. The van der Waals surface area contributed by atoms with E-state index in [1.54, 1.807) is 6.07 Å². The van der Waals surface area contributed by atoms with Crippen LogP contribution in [0, 0.1) is 5.92 Å². The number of hydrogen-bond acceptors (Lipinski definition) is 4. The topological polar surface area (TPSA) is 67.4 Å². The quantitative estimate of drug-likeness (QED) is 0.762. The Kier molecular flexibility index (Phi) is 6.19. The van der Waals surface area contributed by atoms with E-state index in [0.717, 1.165) is 31.7 Å². The highest BCUT2D eigenvalue weighted by Gasteiger charge is 2.22. The van der Waals surface area contributed by atoms with Gasteiger partial charge in [-0.2, -0.15) is 0 Å². The van der Waals surface area contributed by atoms with Crippen molar-refractivity contribution >= 4 is 26.0 Å². The Morgan fingerprint density at radius 3 is 2.86 bits per heavy atom. The average molecular weight is 377 g/mol. The molecular formula is C14H21BrN2O3S. The van der Waals surface area contributed by atoms with Crippen LogP contribution in [0.5, 0.6) is 0 Å². The molecule has 1 aliphatic rings. The van der Waals surface area contributed by atoms with Crippen LogP contribution in [0.4, 0.5) is 0 Å². The lowest BCUT2D eigenvalue weighted by atomic mass is 10.1. The lowest BCUT2D eigenvalue weighted by molar-refractivity contribution is 0.186. The standard InChI is InChI=1S/C14H21BrN2O3S/c1-2-16-8-11-3-4-14(13(15)7-11)21(18,19)17-9-12-5-6-20-10-12/h3-4,7,12,16-17H,2,5-6,8-10H2,1H3. The zero-order chi connectivity index (χ0) is 15.3. The van der Waals surface area contributed by atoms with Crippen LogP contribution in [0.15, 0.2) is 27.6 Å². The second-order valence-corrected chi connectivity index (χ2v) is 7.72. The summed E-state index contributed by atoms with van der Waals surface area (Å²) in [7, 11) is -3.49. The van der Waals surface area contributed by atoms with Crippen LogP contribution in [0.2, 0.25) is 0 Å². The predicted molar refractivity (Wildman–Crippen MR) is 85.6 cm³/mol. The van der Waals surface area contributed by atoms with Crippen LogP contribution in [-0.4, -0.2) is 34.7 Å². The van der Waals surface area contributed by atoms with Crippen molar-refractivity contribution in [2.45, 2.75) is 24.8 Å². The molecule has 7 heteroatoms. The van der Waals surface area contributed by atoms with Gasteiger partial charge in [-0.3, -0.25) is 0 Å². The van der Waals surface area contributed by atoms with Crippen molar-refractivity contribution in [2.75, 3.05) is 26.3 Å². The molecule has 0 spiro atoms. The highest BCUT2D eigenvalue weighted by atomic mass is 79.9. The number of halogens is 1. The van der Waals surface area contributed by atoms with Crippen molar-refractivity contribution in [3.8, 4) is 0 Å². The SMILES string of the molecule is CCNCc1ccc(S(=O)(=O)NCC2CCOC2)c(Br)c1. The van der Waals surface area contributed by atoms with Crippen molar-refractivity contribution in [1.82, 2.24) is 10.0 Å². The summed E-state index contributed by atoms with van der Waals surface area (Å²) in [5, 5.41) is 3.21. The molecule has 2 rings (SSSR count). The minimum atomic E-state index is -3.49. The van der Waals surface area contributed by atoms with E-state index in [1.165, 1.54) is 0 Å². The minimum Gasteiger partial charge on any atom is -0.381 e. The van der Waals surface area contributed by atoms with Gasteiger partial charge in [0, 0.05) is 24.2 Å². The number of hydrogen-bond donors (Lipinski definition) is 2. The third-order valence-electron chi connectivity index (χ3n) is 3.45. The van der Waals surface area contributed by atoms with Crippen molar-refractivity contribution in [3.05, 3.63) is 28.2 Å². The molecule has 118 valence electrons. The van der Waals surface area contributed by atoms with E-state index in [0.29, 0.717) is 17.6 Å². The van der Waals surface area contributed by atoms with Gasteiger partial charge < -0.3 is 10.1 Å². The van der Waals surface area contributed by atoms with Crippen LogP contribution >= 0.6 is 15.9 Å². The molecule has 0 amide bonds. The normalized spacial score (nSPS) is 19.0. The first-order valence-corrected chi connectivity index (χ1v) is 9.37. The van der Waals surface area contributed by atoms with Crippen LogP contribution in [-0.2, 0) is 21.3 Å². The Labute approximate surface area is 134 Å². The first-order chi connectivity index (χ1) is 10.0. The fourth-order valence-corrected chi connectivity index (χ4v) is 4.43. The number of benzene rings is 1. The molecule has 0 aromatic heterocycles. The number of rotatable bonds is 7. The summed E-state index contributed by atoms with van der Waals surface area (Å²) in [6.45, 7) is 5.41. The van der Waals surface area contributed by atoms with Gasteiger partial charge in [0.05, 0.1) is 11.5 Å². The highest BCUT2D eigenvalue weighted by molar-refractivity contribution is 9.10. The molecule has 1 aromatic rings. The van der Waals surface area contributed by atoms with E-state index in [-0.39, 0.29) is 10.8 Å². The summed E-state index contributed by atoms with van der Waals surface area (Å²) in [4.78, 5) is 0.279. The summed E-state index contributed by atoms with van der Waals surface area (Å²) in [5.74, 6) is 0.270. The Hall–Kier alpha value is -0.470. The van der Waals surface area contributed by atoms with Gasteiger partial charge in [0.25, 0.3) is 0 Å². The molecule has 0 bridgehead atoms. The molecule has 0 aliphatic carbocycles. The molecule has 21 heavy (non-hydrogen) atoms. The maximum absolute atomic E-state index is 12.3. The van der Waals surface area contributed by atoms with E-state index < -0.39 is 10.0 Å². The lowest BCUT2D eigenvalue weighted by Gasteiger charge is -2.12. The van der Waals surface area contributed by atoms with Crippen LogP contribution in [0.25, 0.3) is 0 Å². The molecule has 0 radical (unpaired) electrons. The maximum Gasteiger partial charge on any atom is 0.241 e. The van der Waals surface area contributed by atoms with Crippen LogP contribution in [0.1, 0.15) is 18.9 Å². The lowest BCUT2D eigenvalue weighted by Crippen LogP contribution is -2.30. The second kappa shape index (κ2) is 7.69. The van der Waals surface area contributed by atoms with Crippen molar-refractivity contribution in [2.24, 2.45) is 5.92 Å². The van der Waals surface area contributed by atoms with Gasteiger partial charge in [0.15, 0.2) is 0 Å². The zero-order valence-electron chi connectivity index (χ0n) is 12.1. The molecule has 1 fully saturated rings. The molecule has 1 atom stereocenters. The fraction of sp³-hybridized carbons (Fsp3) is 0.571. The molecule has 2 N–H and O–H groups in total. The van der Waals surface area contributed by atoms with Gasteiger partial charge in [-0.25, -0.2) is 13.1 Å². The van der Waals surface area contributed by atoms with E-state index in [9.17, 15) is 8.42 Å². The van der Waals surface area contributed by atoms with Crippen molar-refractivity contribution in [3.63, 3.8) is 0 Å². The summed E-state index contributed by atoms with van der Waals surface area (Å²) >= 11 is 3.36. The van der Waals surface area contributed by atoms with Gasteiger partial charge in [0.1, 0.15) is 0 Å². The first-order valence-electron chi connectivity index (χ1n) is 7.09. The monoisotopic (exact) mass is 376 g/mol. The Bertz CT molecular complexity index is 572. The van der Waals surface area contributed by atoms with E-state index >= 15 is 0 Å². The summed E-state index contributed by atoms with van der Waals surface area (Å²) in [6, 6.07) is 5.32. The number of ether oxygens (including phenoxy) is 1. The van der Waals surface area contributed by atoms with Gasteiger partial charge in [0.2, 0.25) is 10.0 Å². The van der Waals surface area contributed by atoms with Gasteiger partial charge in [-0.05, 0) is 52.5 Å². The molecule has 1 saturated heterocycles. The minimum absolute atomic E-state index is 0.270. The van der Waals surface area contributed by atoms with E-state index in [1.807, 2.05) is 19.1 Å². The van der Waals surface area contributed by atoms with Gasteiger partial charge in [-0.1, -0.05) is 13.0 Å². The van der Waals surface area contributed by atoms with Crippen molar-refractivity contribution in [1.29, 1.82) is 0 Å². The van der Waals surface area contributed by atoms with Gasteiger partial charge >= 0.3 is 0 Å². The second-order valence-electron chi connectivity index (χ2n) is 5.13. The smallest absolute Gasteiger partial charge is 0.241 e. The molecular weight excluding hydrogens is 356 g/mol. The van der Waals surface area contributed by atoms with E-state index in [4.69, 9.17) is 4.74 Å². The summed E-state index contributed by atoms with van der Waals surface area (Å²) < 4.78 is 33.2. The first kappa shape index (κ1) is 16.9. The predicted octanol–water partition coefficient (Wildman–Crippen LogP) is 1.87. The third-order valence-corrected chi connectivity index (χ3v) is 5.85. The molecule has 1 heterocycles. The molecule has 1 unspecified atom stereocenters. The van der Waals surface area contributed by atoms with Crippen LogP contribution < -0.4 is 10.0 Å². The van der Waals surface area contributed by atoms with E-state index in [2.05, 4.69) is 26.0 Å². The van der Waals surface area contributed by atoms with Gasteiger partial charge in [-0.15, -0.1) is 0 Å². The van der Waals surface area contributed by atoms with Crippen LogP contribution in [0.3, 0.4) is 0 Å². The number of nitrogens with one attached hydrogen (secondary N) is 2. The molecule has 1 aliphatic heterocycles. The molecule has 0 saturated carbocycles. The molecule has 1 aromatic carbocycles. The Balaban J connectivity index is 2.04. The fourth-order valence-electron chi connectivity index (χ4n) is 2.19. The highest BCUT2D eigenvalue weighted by Crippen LogP contribution is 2.23. The zero-order valence-corrected chi connectivity index (χ0v) is 14.5. The summed E-state index contributed by atoms with van der Waals surface area (Å²) in [5.41, 5.74) is 1.05. The summed E-state index contributed by atoms with van der Waals surface area (Å²) in [6.07, 6.45) is 0.908. The van der Waals surface area contributed by atoms with Crippen molar-refractivity contribution < 1.29 is 13.2 Å². The Morgan fingerprint density at radius 2 is 2.24 bits per heavy atom.